The Kier molecular flexibility index (Phi) is 4.15. The lowest BCUT2D eigenvalue weighted by Gasteiger charge is -2.20. The fourth-order valence-corrected chi connectivity index (χ4v) is 2.91. The van der Waals surface area contributed by atoms with Crippen LogP contribution in [0, 0.1) is 6.92 Å². The van der Waals surface area contributed by atoms with Gasteiger partial charge in [-0.05, 0) is 30.2 Å². The molecule has 0 saturated heterocycles. The summed E-state index contributed by atoms with van der Waals surface area (Å²) in [5.74, 6) is 0.732. The van der Waals surface area contributed by atoms with E-state index in [9.17, 15) is 4.79 Å². The summed E-state index contributed by atoms with van der Waals surface area (Å²) in [7, 11) is 1.64. The maximum Gasteiger partial charge on any atom is 0.240 e. The smallest absolute Gasteiger partial charge is 0.240 e. The predicted octanol–water partition coefficient (Wildman–Crippen LogP) is 3.70. The molecule has 0 radical (unpaired) electrons. The van der Waals surface area contributed by atoms with Crippen molar-refractivity contribution in [3.8, 4) is 5.75 Å². The van der Waals surface area contributed by atoms with Gasteiger partial charge in [-0.15, -0.1) is 0 Å². The number of aryl methyl sites for hydroxylation is 1. The third-order valence-electron chi connectivity index (χ3n) is 4.06. The van der Waals surface area contributed by atoms with E-state index in [-0.39, 0.29) is 11.9 Å². The van der Waals surface area contributed by atoms with Gasteiger partial charge in [-0.3, -0.25) is 4.79 Å². The van der Waals surface area contributed by atoms with Crippen LogP contribution >= 0.6 is 0 Å². The molecule has 0 spiro atoms. The minimum Gasteiger partial charge on any atom is -0.497 e. The Bertz CT molecular complexity index is 767. The number of amides is 1. The second-order valence-electron chi connectivity index (χ2n) is 5.78. The molecular weight excluding hydrogens is 288 g/mol. The normalized spacial score (nSPS) is 17.1. The van der Waals surface area contributed by atoms with Crippen LogP contribution in [0.1, 0.15) is 36.1 Å². The minimum absolute atomic E-state index is 0.0551. The van der Waals surface area contributed by atoms with E-state index in [1.807, 2.05) is 36.4 Å². The van der Waals surface area contributed by atoms with Crippen LogP contribution in [-0.2, 0) is 4.79 Å². The quantitative estimate of drug-likeness (QED) is 0.867. The Morgan fingerprint density at radius 2 is 2.00 bits per heavy atom. The van der Waals surface area contributed by atoms with E-state index in [4.69, 9.17) is 4.74 Å². The van der Waals surface area contributed by atoms with Gasteiger partial charge in [0.15, 0.2) is 0 Å². The average molecular weight is 308 g/mol. The first-order valence-electron chi connectivity index (χ1n) is 7.67. The number of carbonyl (C=O) groups excluding carboxylic acids is 1. The molecule has 118 valence electrons. The zero-order valence-electron chi connectivity index (χ0n) is 13.6. The standard InChI is InChI=1S/C19H20N2O2/c1-13-6-4-7-15(10-13)18-12-19(21(20-18)14(2)22)16-8-5-9-17(11-16)23-3/h4-11,19H,12H2,1-3H3. The molecule has 1 aliphatic heterocycles. The van der Waals surface area contributed by atoms with E-state index in [0.717, 1.165) is 22.6 Å². The van der Waals surface area contributed by atoms with Gasteiger partial charge in [-0.25, -0.2) is 5.01 Å². The largest absolute Gasteiger partial charge is 0.497 e. The summed E-state index contributed by atoms with van der Waals surface area (Å²) >= 11 is 0. The van der Waals surface area contributed by atoms with Gasteiger partial charge in [-0.2, -0.15) is 5.10 Å². The zero-order chi connectivity index (χ0) is 16.4. The lowest BCUT2D eigenvalue weighted by molar-refractivity contribution is -0.130. The van der Waals surface area contributed by atoms with Crippen molar-refractivity contribution in [2.24, 2.45) is 5.10 Å². The number of benzene rings is 2. The Hall–Kier alpha value is -2.62. The van der Waals surface area contributed by atoms with Gasteiger partial charge >= 0.3 is 0 Å². The number of hydrogen-bond acceptors (Lipinski definition) is 3. The van der Waals surface area contributed by atoms with E-state index in [1.165, 1.54) is 5.56 Å². The van der Waals surface area contributed by atoms with Crippen molar-refractivity contribution in [1.29, 1.82) is 0 Å². The van der Waals surface area contributed by atoms with Crippen LogP contribution in [0.25, 0.3) is 0 Å². The maximum absolute atomic E-state index is 12.0. The van der Waals surface area contributed by atoms with Gasteiger partial charge in [0, 0.05) is 13.3 Å². The third kappa shape index (κ3) is 3.11. The summed E-state index contributed by atoms with van der Waals surface area (Å²) in [5.41, 5.74) is 4.23. The van der Waals surface area contributed by atoms with Crippen LogP contribution in [0.2, 0.25) is 0 Å². The highest BCUT2D eigenvalue weighted by molar-refractivity contribution is 6.03. The van der Waals surface area contributed by atoms with Crippen LogP contribution in [-0.4, -0.2) is 23.7 Å². The van der Waals surface area contributed by atoms with Crippen LogP contribution in [0.5, 0.6) is 5.75 Å². The van der Waals surface area contributed by atoms with Gasteiger partial charge in [0.25, 0.3) is 0 Å². The van der Waals surface area contributed by atoms with E-state index >= 15 is 0 Å². The van der Waals surface area contributed by atoms with Gasteiger partial charge < -0.3 is 4.74 Å². The van der Waals surface area contributed by atoms with E-state index in [2.05, 4.69) is 24.2 Å². The summed E-state index contributed by atoms with van der Waals surface area (Å²) in [6.45, 7) is 3.61. The van der Waals surface area contributed by atoms with Crippen molar-refractivity contribution in [2.75, 3.05) is 7.11 Å². The summed E-state index contributed by atoms with van der Waals surface area (Å²) in [5, 5.41) is 6.15. The highest BCUT2D eigenvalue weighted by Gasteiger charge is 2.31. The highest BCUT2D eigenvalue weighted by atomic mass is 16.5. The fourth-order valence-electron chi connectivity index (χ4n) is 2.91. The van der Waals surface area contributed by atoms with E-state index in [1.54, 1.807) is 19.0 Å². The molecule has 0 bridgehead atoms. The highest BCUT2D eigenvalue weighted by Crippen LogP contribution is 2.34. The number of hydrogen-bond donors (Lipinski definition) is 0. The van der Waals surface area contributed by atoms with Crippen molar-refractivity contribution in [3.63, 3.8) is 0 Å². The lowest BCUT2D eigenvalue weighted by Crippen LogP contribution is -2.24. The maximum atomic E-state index is 12.0. The van der Waals surface area contributed by atoms with Gasteiger partial charge in [-0.1, -0.05) is 42.0 Å². The molecule has 4 nitrogen and oxygen atoms in total. The molecule has 0 saturated carbocycles. The Balaban J connectivity index is 1.95. The first kappa shape index (κ1) is 15.3. The summed E-state index contributed by atoms with van der Waals surface area (Å²) < 4.78 is 5.30. The van der Waals surface area contributed by atoms with E-state index < -0.39 is 0 Å². The Morgan fingerprint density at radius 1 is 1.22 bits per heavy atom. The molecule has 23 heavy (non-hydrogen) atoms. The van der Waals surface area contributed by atoms with Crippen molar-refractivity contribution < 1.29 is 9.53 Å². The molecule has 1 atom stereocenters. The number of methoxy groups -OCH3 is 1. The molecule has 1 heterocycles. The molecule has 1 aliphatic rings. The van der Waals surface area contributed by atoms with Gasteiger partial charge in [0.1, 0.15) is 5.75 Å². The van der Waals surface area contributed by atoms with Crippen molar-refractivity contribution >= 4 is 11.6 Å². The second-order valence-corrected chi connectivity index (χ2v) is 5.78. The lowest BCUT2D eigenvalue weighted by atomic mass is 9.97. The second kappa shape index (κ2) is 6.24. The molecule has 1 amide bonds. The number of rotatable bonds is 3. The van der Waals surface area contributed by atoms with Crippen LogP contribution < -0.4 is 4.74 Å². The predicted molar refractivity (Wildman–Crippen MR) is 90.6 cm³/mol. The number of ether oxygens (including phenoxy) is 1. The number of hydrazone groups is 1. The number of nitrogens with zero attached hydrogens (tertiary/aromatic N) is 2. The fraction of sp³-hybridized carbons (Fsp3) is 0.263. The first-order valence-corrected chi connectivity index (χ1v) is 7.67. The van der Waals surface area contributed by atoms with E-state index in [0.29, 0.717) is 6.42 Å². The molecule has 1 unspecified atom stereocenters. The molecule has 0 fully saturated rings. The molecule has 0 N–H and O–H groups in total. The zero-order valence-corrected chi connectivity index (χ0v) is 13.6. The summed E-state index contributed by atoms with van der Waals surface area (Å²) in [6.07, 6.45) is 0.705. The topological polar surface area (TPSA) is 41.9 Å². The summed E-state index contributed by atoms with van der Waals surface area (Å²) in [6, 6.07) is 16.0. The first-order chi connectivity index (χ1) is 11.1. The van der Waals surface area contributed by atoms with Gasteiger partial charge in [0.2, 0.25) is 5.91 Å². The number of carbonyl (C=O) groups is 1. The molecule has 0 aliphatic carbocycles. The van der Waals surface area contributed by atoms with Crippen LogP contribution in [0.15, 0.2) is 53.6 Å². The monoisotopic (exact) mass is 308 g/mol. The molecule has 4 heteroatoms. The molecular formula is C19H20N2O2. The SMILES string of the molecule is COc1cccc(C2CC(c3cccc(C)c3)=NN2C(C)=O)c1. The Labute approximate surface area is 136 Å². The molecule has 2 aromatic carbocycles. The van der Waals surface area contributed by atoms with Crippen LogP contribution in [0.3, 0.4) is 0 Å². The van der Waals surface area contributed by atoms with Crippen molar-refractivity contribution in [3.05, 3.63) is 65.2 Å². The van der Waals surface area contributed by atoms with Crippen molar-refractivity contribution in [1.82, 2.24) is 5.01 Å². The summed E-state index contributed by atoms with van der Waals surface area (Å²) in [4.78, 5) is 12.0. The minimum atomic E-state index is -0.0851. The molecule has 0 aromatic heterocycles. The third-order valence-corrected chi connectivity index (χ3v) is 4.06. The average Bonchev–Trinajstić information content (AvgIpc) is 3.00. The molecule has 3 rings (SSSR count). The Morgan fingerprint density at radius 3 is 2.70 bits per heavy atom. The molecule has 2 aromatic rings. The van der Waals surface area contributed by atoms with Crippen molar-refractivity contribution in [2.45, 2.75) is 26.3 Å². The van der Waals surface area contributed by atoms with Gasteiger partial charge in [0.05, 0.1) is 18.9 Å². The van der Waals surface area contributed by atoms with Crippen LogP contribution in [0.4, 0.5) is 0 Å².